The topological polar surface area (TPSA) is 64.6 Å². The van der Waals surface area contributed by atoms with E-state index in [1.807, 2.05) is 0 Å². The number of halogens is 2. The van der Waals surface area contributed by atoms with E-state index in [-0.39, 0.29) is 11.3 Å². The number of hydrogen-bond acceptors (Lipinski definition) is 4. The van der Waals surface area contributed by atoms with Crippen molar-refractivity contribution in [3.8, 4) is 5.75 Å². The Balaban J connectivity index is 2.00. The Kier molecular flexibility index (Phi) is 5.92. The van der Waals surface area contributed by atoms with Gasteiger partial charge in [-0.25, -0.2) is 9.18 Å². The lowest BCUT2D eigenvalue weighted by Gasteiger charge is -2.14. The van der Waals surface area contributed by atoms with Gasteiger partial charge in [0.15, 0.2) is 6.10 Å². The second kappa shape index (κ2) is 7.92. The highest BCUT2D eigenvalue weighted by molar-refractivity contribution is 9.10. The summed E-state index contributed by atoms with van der Waals surface area (Å²) in [6.07, 6.45) is -1.08. The number of hydrogen-bond donors (Lipinski definition) is 1. The molecule has 0 saturated heterocycles. The number of ether oxygens (including phenoxy) is 2. The van der Waals surface area contributed by atoms with Crippen molar-refractivity contribution in [1.29, 1.82) is 0 Å². The zero-order valence-corrected chi connectivity index (χ0v) is 14.6. The molecule has 2 aromatic carbocycles. The highest BCUT2D eigenvalue weighted by atomic mass is 79.9. The summed E-state index contributed by atoms with van der Waals surface area (Å²) in [4.78, 5) is 24.0. The molecule has 7 heteroatoms. The maximum Gasteiger partial charge on any atom is 0.341 e. The summed E-state index contributed by atoms with van der Waals surface area (Å²) in [7, 11) is 1.39. The molecule has 1 atom stereocenters. The molecule has 2 aromatic rings. The Morgan fingerprint density at radius 1 is 1.17 bits per heavy atom. The van der Waals surface area contributed by atoms with Crippen LogP contribution >= 0.6 is 15.9 Å². The lowest BCUT2D eigenvalue weighted by atomic mass is 10.2. The third-order valence-corrected chi connectivity index (χ3v) is 3.69. The molecule has 0 aliphatic rings. The molecule has 0 aliphatic heterocycles. The smallest absolute Gasteiger partial charge is 0.341 e. The van der Waals surface area contributed by atoms with Gasteiger partial charge in [-0.3, -0.25) is 4.79 Å². The van der Waals surface area contributed by atoms with E-state index < -0.39 is 23.8 Å². The highest BCUT2D eigenvalue weighted by Gasteiger charge is 2.21. The SMILES string of the molecule is COc1ccc(C(=O)O[C@H](C)C(=O)Nc2ccc(Br)cc2)c(F)c1. The fourth-order valence-electron chi connectivity index (χ4n) is 1.84. The molecule has 0 aliphatic carbocycles. The average molecular weight is 396 g/mol. The molecule has 0 saturated carbocycles. The monoisotopic (exact) mass is 395 g/mol. The van der Waals surface area contributed by atoms with Gasteiger partial charge >= 0.3 is 5.97 Å². The molecule has 1 N–H and O–H groups in total. The van der Waals surface area contributed by atoms with Gasteiger partial charge in [0, 0.05) is 16.2 Å². The summed E-state index contributed by atoms with van der Waals surface area (Å²) < 4.78 is 24.6. The summed E-state index contributed by atoms with van der Waals surface area (Å²) >= 11 is 3.29. The Morgan fingerprint density at radius 2 is 1.83 bits per heavy atom. The minimum absolute atomic E-state index is 0.265. The van der Waals surface area contributed by atoms with E-state index in [1.165, 1.54) is 26.2 Å². The summed E-state index contributed by atoms with van der Waals surface area (Å²) in [5, 5.41) is 2.61. The van der Waals surface area contributed by atoms with Gasteiger partial charge in [-0.15, -0.1) is 0 Å². The lowest BCUT2D eigenvalue weighted by Crippen LogP contribution is -2.30. The lowest BCUT2D eigenvalue weighted by molar-refractivity contribution is -0.123. The van der Waals surface area contributed by atoms with E-state index in [2.05, 4.69) is 21.2 Å². The second-order valence-electron chi connectivity index (χ2n) is 4.89. The van der Waals surface area contributed by atoms with Crippen LogP contribution in [0.3, 0.4) is 0 Å². The van der Waals surface area contributed by atoms with Crippen LogP contribution in [0.4, 0.5) is 10.1 Å². The summed E-state index contributed by atoms with van der Waals surface area (Å²) in [6, 6.07) is 10.7. The molecule has 0 heterocycles. The zero-order chi connectivity index (χ0) is 17.7. The van der Waals surface area contributed by atoms with Crippen molar-refractivity contribution in [2.45, 2.75) is 13.0 Å². The molecule has 0 radical (unpaired) electrons. The number of carbonyl (C=O) groups is 2. The van der Waals surface area contributed by atoms with Crippen LogP contribution in [0, 0.1) is 5.82 Å². The van der Waals surface area contributed by atoms with Crippen molar-refractivity contribution < 1.29 is 23.5 Å². The van der Waals surface area contributed by atoms with E-state index >= 15 is 0 Å². The first-order chi connectivity index (χ1) is 11.4. The van der Waals surface area contributed by atoms with Crippen LogP contribution in [0.5, 0.6) is 5.75 Å². The van der Waals surface area contributed by atoms with Gasteiger partial charge in [0.05, 0.1) is 12.7 Å². The predicted molar refractivity (Wildman–Crippen MR) is 90.6 cm³/mol. The first-order valence-corrected chi connectivity index (χ1v) is 7.81. The van der Waals surface area contributed by atoms with E-state index in [0.29, 0.717) is 5.69 Å². The molecule has 1 amide bonds. The summed E-state index contributed by atoms with van der Waals surface area (Å²) in [6.45, 7) is 1.41. The first-order valence-electron chi connectivity index (χ1n) is 7.01. The van der Waals surface area contributed by atoms with Crippen LogP contribution < -0.4 is 10.1 Å². The Bertz CT molecular complexity index is 749. The third-order valence-electron chi connectivity index (χ3n) is 3.16. The van der Waals surface area contributed by atoms with Gasteiger partial charge in [-0.05, 0) is 43.3 Å². The molecule has 126 valence electrons. The maximum atomic E-state index is 13.8. The van der Waals surface area contributed by atoms with Crippen molar-refractivity contribution in [2.75, 3.05) is 12.4 Å². The van der Waals surface area contributed by atoms with Gasteiger partial charge < -0.3 is 14.8 Å². The van der Waals surface area contributed by atoms with Crippen LogP contribution in [-0.2, 0) is 9.53 Å². The minimum atomic E-state index is -1.08. The highest BCUT2D eigenvalue weighted by Crippen LogP contribution is 2.18. The normalized spacial score (nSPS) is 11.5. The van der Waals surface area contributed by atoms with Gasteiger partial charge in [0.25, 0.3) is 5.91 Å². The van der Waals surface area contributed by atoms with E-state index in [1.54, 1.807) is 24.3 Å². The standard InChI is InChI=1S/C17H15BrFNO4/c1-10(16(21)20-12-5-3-11(18)4-6-12)24-17(22)14-8-7-13(23-2)9-15(14)19/h3-10H,1-2H3,(H,20,21)/t10-/m1/s1. The summed E-state index contributed by atoms with van der Waals surface area (Å²) in [5.74, 6) is -1.93. The number of esters is 1. The molecule has 0 aromatic heterocycles. The number of amides is 1. The Hall–Kier alpha value is -2.41. The second-order valence-corrected chi connectivity index (χ2v) is 5.81. The molecular weight excluding hydrogens is 381 g/mol. The molecule has 0 unspecified atom stereocenters. The van der Waals surface area contributed by atoms with E-state index in [9.17, 15) is 14.0 Å². The number of benzene rings is 2. The molecule has 0 bridgehead atoms. The largest absolute Gasteiger partial charge is 0.497 e. The van der Waals surface area contributed by atoms with Crippen LogP contribution in [0.25, 0.3) is 0 Å². The Labute approximate surface area is 146 Å². The fourth-order valence-corrected chi connectivity index (χ4v) is 2.11. The van der Waals surface area contributed by atoms with Crippen molar-refractivity contribution in [2.24, 2.45) is 0 Å². The van der Waals surface area contributed by atoms with Crippen LogP contribution in [-0.4, -0.2) is 25.1 Å². The van der Waals surface area contributed by atoms with Gasteiger partial charge in [-0.2, -0.15) is 0 Å². The quantitative estimate of drug-likeness (QED) is 0.782. The molecule has 2 rings (SSSR count). The van der Waals surface area contributed by atoms with Gasteiger partial charge in [0.1, 0.15) is 11.6 Å². The maximum absolute atomic E-state index is 13.8. The number of rotatable bonds is 5. The third kappa shape index (κ3) is 4.55. The van der Waals surface area contributed by atoms with Crippen LogP contribution in [0.15, 0.2) is 46.9 Å². The van der Waals surface area contributed by atoms with Crippen molar-refractivity contribution >= 4 is 33.5 Å². The average Bonchev–Trinajstić information content (AvgIpc) is 2.56. The number of nitrogens with one attached hydrogen (secondary N) is 1. The predicted octanol–water partition coefficient (Wildman–Crippen LogP) is 3.78. The Morgan fingerprint density at radius 3 is 2.42 bits per heavy atom. The number of anilines is 1. The molecular formula is C17H15BrFNO4. The molecule has 5 nitrogen and oxygen atoms in total. The first kappa shape index (κ1) is 17.9. The fraction of sp³-hybridized carbons (Fsp3) is 0.176. The van der Waals surface area contributed by atoms with Crippen molar-refractivity contribution in [3.63, 3.8) is 0 Å². The van der Waals surface area contributed by atoms with Gasteiger partial charge in [-0.1, -0.05) is 15.9 Å². The van der Waals surface area contributed by atoms with Crippen LogP contribution in [0.1, 0.15) is 17.3 Å². The number of methoxy groups -OCH3 is 1. The van der Waals surface area contributed by atoms with Crippen molar-refractivity contribution in [1.82, 2.24) is 0 Å². The van der Waals surface area contributed by atoms with Crippen molar-refractivity contribution in [3.05, 3.63) is 58.3 Å². The van der Waals surface area contributed by atoms with Gasteiger partial charge in [0.2, 0.25) is 0 Å². The summed E-state index contributed by atoms with van der Waals surface area (Å²) in [5.41, 5.74) is 0.292. The van der Waals surface area contributed by atoms with Crippen LogP contribution in [0.2, 0.25) is 0 Å². The molecule has 0 spiro atoms. The number of carbonyl (C=O) groups excluding carboxylic acids is 2. The zero-order valence-electron chi connectivity index (χ0n) is 13.0. The minimum Gasteiger partial charge on any atom is -0.497 e. The van der Waals surface area contributed by atoms with E-state index in [0.717, 1.165) is 10.5 Å². The molecule has 0 fully saturated rings. The molecule has 24 heavy (non-hydrogen) atoms. The van der Waals surface area contributed by atoms with E-state index in [4.69, 9.17) is 9.47 Å².